The van der Waals surface area contributed by atoms with Crippen LogP contribution in [-0.2, 0) is 16.0 Å². The molecule has 0 aromatic heterocycles. The minimum atomic E-state index is -1.81. The minimum absolute atomic E-state index is 0.0299. The largest absolute Gasteiger partial charge is 0.507 e. The summed E-state index contributed by atoms with van der Waals surface area (Å²) in [6, 6.07) is 7.33. The van der Waals surface area contributed by atoms with Gasteiger partial charge in [-0.3, -0.25) is 9.59 Å². The van der Waals surface area contributed by atoms with Gasteiger partial charge in [0.15, 0.2) is 17.2 Å². The van der Waals surface area contributed by atoms with Gasteiger partial charge in [0.1, 0.15) is 11.5 Å². The fraction of sp³-hybridized carbons (Fsp3) is 0.250. The number of methoxy groups -OCH3 is 1. The zero-order valence-electron chi connectivity index (χ0n) is 14.8. The van der Waals surface area contributed by atoms with Gasteiger partial charge in [-0.2, -0.15) is 0 Å². The van der Waals surface area contributed by atoms with Crippen molar-refractivity contribution in [1.82, 2.24) is 0 Å². The first-order valence-electron chi connectivity index (χ1n) is 8.26. The third-order valence-electron chi connectivity index (χ3n) is 4.73. The van der Waals surface area contributed by atoms with E-state index >= 15 is 0 Å². The highest BCUT2D eigenvalue weighted by Gasteiger charge is 2.36. The van der Waals surface area contributed by atoms with Gasteiger partial charge in [0.25, 0.3) is 0 Å². The highest BCUT2D eigenvalue weighted by molar-refractivity contribution is 6.30. The number of aliphatic hydroxyl groups is 1. The fourth-order valence-electron chi connectivity index (χ4n) is 3.20. The van der Waals surface area contributed by atoms with Crippen LogP contribution in [0.15, 0.2) is 30.3 Å². The zero-order chi connectivity index (χ0) is 19.9. The Morgan fingerprint density at radius 1 is 1.07 bits per heavy atom. The van der Waals surface area contributed by atoms with E-state index in [1.54, 1.807) is 12.1 Å². The number of hydrogen-bond donors (Lipinski definition) is 3. The van der Waals surface area contributed by atoms with Gasteiger partial charge in [0, 0.05) is 11.1 Å². The lowest BCUT2D eigenvalue weighted by Gasteiger charge is -2.23. The molecule has 0 heterocycles. The number of carbonyl (C=O) groups is 3. The molecule has 1 aliphatic rings. The molecule has 0 fully saturated rings. The molecule has 0 radical (unpaired) electrons. The maximum atomic E-state index is 12.8. The van der Waals surface area contributed by atoms with Gasteiger partial charge < -0.3 is 20.1 Å². The van der Waals surface area contributed by atoms with Gasteiger partial charge in [-0.05, 0) is 31.4 Å². The molecule has 3 rings (SSSR count). The Labute approximate surface area is 154 Å². The summed E-state index contributed by atoms with van der Waals surface area (Å²) in [5, 5.41) is 31.0. The molecule has 7 nitrogen and oxygen atoms in total. The molecule has 0 spiro atoms. The van der Waals surface area contributed by atoms with Gasteiger partial charge in [0.05, 0.1) is 18.2 Å². The first-order valence-corrected chi connectivity index (χ1v) is 8.26. The van der Waals surface area contributed by atoms with Crippen molar-refractivity contribution in [3.8, 4) is 11.5 Å². The van der Waals surface area contributed by atoms with Crippen molar-refractivity contribution in [2.45, 2.75) is 25.4 Å². The van der Waals surface area contributed by atoms with Crippen LogP contribution in [0.4, 0.5) is 0 Å². The van der Waals surface area contributed by atoms with Crippen LogP contribution in [0.25, 0.3) is 0 Å². The number of rotatable bonds is 4. The molecule has 3 N–H and O–H groups in total. The Morgan fingerprint density at radius 2 is 1.63 bits per heavy atom. The third kappa shape index (κ3) is 2.96. The maximum absolute atomic E-state index is 12.8. The molecule has 1 aliphatic carbocycles. The van der Waals surface area contributed by atoms with Crippen LogP contribution in [0.3, 0.4) is 0 Å². The molecule has 0 aliphatic heterocycles. The van der Waals surface area contributed by atoms with Crippen LogP contribution in [0, 0.1) is 0 Å². The molecule has 0 bridgehead atoms. The van der Waals surface area contributed by atoms with E-state index in [1.807, 2.05) is 0 Å². The van der Waals surface area contributed by atoms with Crippen molar-refractivity contribution < 1.29 is 34.4 Å². The molecule has 0 saturated carbocycles. The summed E-state index contributed by atoms with van der Waals surface area (Å²) < 4.78 is 4.52. The van der Waals surface area contributed by atoms with Gasteiger partial charge >= 0.3 is 5.97 Å². The predicted octanol–water partition coefficient (Wildman–Crippen LogP) is 1.73. The van der Waals surface area contributed by atoms with E-state index in [0.29, 0.717) is 0 Å². The average molecular weight is 370 g/mol. The van der Waals surface area contributed by atoms with Gasteiger partial charge in [-0.1, -0.05) is 24.3 Å². The summed E-state index contributed by atoms with van der Waals surface area (Å²) in [5.74, 6) is -2.86. The molecular weight excluding hydrogens is 352 g/mol. The molecular formula is C20H18O7. The van der Waals surface area contributed by atoms with Crippen LogP contribution in [0.2, 0.25) is 0 Å². The Bertz CT molecular complexity index is 973. The van der Waals surface area contributed by atoms with Crippen molar-refractivity contribution in [1.29, 1.82) is 0 Å². The number of aromatic hydroxyl groups is 2. The van der Waals surface area contributed by atoms with Crippen molar-refractivity contribution in [3.05, 3.63) is 58.1 Å². The number of phenolic OH excluding ortho intramolecular Hbond substituents is 2. The summed E-state index contributed by atoms with van der Waals surface area (Å²) >= 11 is 0. The van der Waals surface area contributed by atoms with E-state index in [0.717, 1.165) is 7.11 Å². The van der Waals surface area contributed by atoms with Crippen molar-refractivity contribution in [2.75, 3.05) is 7.11 Å². The minimum Gasteiger partial charge on any atom is -0.507 e. The second kappa shape index (κ2) is 6.51. The fourth-order valence-corrected chi connectivity index (χ4v) is 3.20. The summed E-state index contributed by atoms with van der Waals surface area (Å²) in [5.41, 5.74) is -1.89. The smallest absolute Gasteiger partial charge is 0.337 e. The molecule has 2 aromatic carbocycles. The van der Waals surface area contributed by atoms with Gasteiger partial charge in [-0.25, -0.2) is 4.79 Å². The molecule has 2 aromatic rings. The normalized spacial score (nSPS) is 14.9. The van der Waals surface area contributed by atoms with Crippen LogP contribution >= 0.6 is 0 Å². The summed E-state index contributed by atoms with van der Waals surface area (Å²) in [4.78, 5) is 37.0. The van der Waals surface area contributed by atoms with Crippen LogP contribution in [-0.4, -0.2) is 45.6 Å². The third-order valence-corrected chi connectivity index (χ3v) is 4.73. The highest BCUT2D eigenvalue weighted by Crippen LogP contribution is 2.40. The number of benzene rings is 2. The summed E-state index contributed by atoms with van der Waals surface area (Å²) in [6.07, 6.45) is -0.151. The van der Waals surface area contributed by atoms with Crippen molar-refractivity contribution in [3.63, 3.8) is 0 Å². The molecule has 0 saturated heterocycles. The second-order valence-corrected chi connectivity index (χ2v) is 6.62. The molecule has 1 atom stereocenters. The number of hydrogen-bond acceptors (Lipinski definition) is 7. The van der Waals surface area contributed by atoms with E-state index < -0.39 is 34.6 Å². The number of carbonyl (C=O) groups excluding carboxylic acids is 3. The number of phenols is 2. The van der Waals surface area contributed by atoms with E-state index in [2.05, 4.69) is 4.74 Å². The lowest BCUT2D eigenvalue weighted by Crippen LogP contribution is -2.36. The predicted molar refractivity (Wildman–Crippen MR) is 94.0 cm³/mol. The standard InChI is InChI=1S/C20H18O7/c1-20(26,19(25)27-2)8-7-10-9-13(21)14-15(16(10)22)18(24)12-6-4-3-5-11(12)17(14)23/h3-6,9,21-22,26H,7-8H2,1-2H3. The number of esters is 1. The van der Waals surface area contributed by atoms with Crippen molar-refractivity contribution in [2.24, 2.45) is 0 Å². The topological polar surface area (TPSA) is 121 Å². The van der Waals surface area contributed by atoms with Crippen LogP contribution in [0.5, 0.6) is 11.5 Å². The number of aryl methyl sites for hydroxylation is 1. The second-order valence-electron chi connectivity index (χ2n) is 6.62. The highest BCUT2D eigenvalue weighted by atomic mass is 16.5. The summed E-state index contributed by atoms with van der Waals surface area (Å²) in [7, 11) is 1.14. The van der Waals surface area contributed by atoms with E-state index in [1.165, 1.54) is 25.1 Å². The molecule has 7 heteroatoms. The first kappa shape index (κ1) is 18.6. The van der Waals surface area contributed by atoms with Crippen LogP contribution < -0.4 is 0 Å². The van der Waals surface area contributed by atoms with E-state index in [4.69, 9.17) is 0 Å². The number of ether oxygens (including phenoxy) is 1. The Balaban J connectivity index is 2.05. The SMILES string of the molecule is COC(=O)C(C)(O)CCc1cc(O)c2c(c1O)C(=O)c1ccccc1C2=O. The van der Waals surface area contributed by atoms with E-state index in [-0.39, 0.29) is 40.7 Å². The van der Waals surface area contributed by atoms with Gasteiger partial charge in [-0.15, -0.1) is 0 Å². The average Bonchev–Trinajstić information content (AvgIpc) is 2.65. The Kier molecular flexibility index (Phi) is 4.49. The van der Waals surface area contributed by atoms with Gasteiger partial charge in [0.2, 0.25) is 0 Å². The quantitative estimate of drug-likeness (QED) is 0.472. The molecule has 0 amide bonds. The summed E-state index contributed by atoms with van der Waals surface area (Å²) in [6.45, 7) is 1.26. The lowest BCUT2D eigenvalue weighted by atomic mass is 9.81. The lowest BCUT2D eigenvalue weighted by molar-refractivity contribution is -0.161. The van der Waals surface area contributed by atoms with Crippen LogP contribution in [0.1, 0.15) is 50.8 Å². The van der Waals surface area contributed by atoms with Crippen molar-refractivity contribution >= 4 is 17.5 Å². The first-order chi connectivity index (χ1) is 12.7. The Hall–Kier alpha value is -3.19. The number of fused-ring (bicyclic) bond motifs is 2. The van der Waals surface area contributed by atoms with E-state index in [9.17, 15) is 29.7 Å². The molecule has 27 heavy (non-hydrogen) atoms. The zero-order valence-corrected chi connectivity index (χ0v) is 14.8. The Morgan fingerprint density at radius 3 is 2.19 bits per heavy atom. The molecule has 1 unspecified atom stereocenters. The monoisotopic (exact) mass is 370 g/mol. The maximum Gasteiger partial charge on any atom is 0.337 e. The molecule has 140 valence electrons. The number of ketones is 2.